The number of carbonyl (C=O) groups excluding carboxylic acids is 3. The number of amides is 3. The third kappa shape index (κ3) is 4.21. The molecule has 8 heteroatoms. The quantitative estimate of drug-likeness (QED) is 0.724. The van der Waals surface area contributed by atoms with Gasteiger partial charge >= 0.3 is 0 Å². The van der Waals surface area contributed by atoms with Crippen molar-refractivity contribution in [2.24, 2.45) is 0 Å². The van der Waals surface area contributed by atoms with Crippen molar-refractivity contribution in [2.75, 3.05) is 11.9 Å². The van der Waals surface area contributed by atoms with Crippen molar-refractivity contribution in [3.8, 4) is 5.75 Å². The Labute approximate surface area is 171 Å². The Morgan fingerprint density at radius 3 is 2.57 bits per heavy atom. The zero-order valence-corrected chi connectivity index (χ0v) is 16.7. The Bertz CT molecular complexity index is 999. The van der Waals surface area contributed by atoms with Crippen LogP contribution in [-0.2, 0) is 9.59 Å². The number of anilines is 1. The van der Waals surface area contributed by atoms with E-state index in [4.69, 9.17) is 11.6 Å². The van der Waals surface area contributed by atoms with Gasteiger partial charge in [-0.15, -0.1) is 0 Å². The van der Waals surface area contributed by atoms with Gasteiger partial charge in [0.15, 0.2) is 0 Å². The average molecular weight is 417 g/mol. The van der Waals surface area contributed by atoms with E-state index in [2.05, 4.69) is 5.32 Å². The SMILES string of the molecule is Cc1cccc(C)c1NC(=O)CN1C(=O)S/C(=C\c2cc(Cl)ccc2O)C1=O. The molecular weight excluding hydrogens is 400 g/mol. The predicted molar refractivity (Wildman–Crippen MR) is 110 cm³/mol. The minimum Gasteiger partial charge on any atom is -0.507 e. The molecule has 0 bridgehead atoms. The first-order valence-electron chi connectivity index (χ1n) is 8.36. The number of aromatic hydroxyl groups is 1. The Balaban J connectivity index is 1.76. The number of nitrogens with zero attached hydrogens (tertiary/aromatic N) is 1. The molecule has 3 rings (SSSR count). The number of phenolic OH excluding ortho intramolecular Hbond substituents is 1. The van der Waals surface area contributed by atoms with E-state index in [1.807, 2.05) is 32.0 Å². The van der Waals surface area contributed by atoms with Crippen LogP contribution in [0.15, 0.2) is 41.3 Å². The lowest BCUT2D eigenvalue weighted by Gasteiger charge is -2.15. The maximum absolute atomic E-state index is 12.6. The number of hydrogen-bond donors (Lipinski definition) is 2. The van der Waals surface area contributed by atoms with Crippen LogP contribution >= 0.6 is 23.4 Å². The van der Waals surface area contributed by atoms with E-state index in [0.717, 1.165) is 16.0 Å². The fourth-order valence-electron chi connectivity index (χ4n) is 2.75. The number of phenols is 1. The summed E-state index contributed by atoms with van der Waals surface area (Å²) in [5.74, 6) is -1.12. The maximum atomic E-state index is 12.6. The zero-order valence-electron chi connectivity index (χ0n) is 15.2. The largest absolute Gasteiger partial charge is 0.507 e. The minimum atomic E-state index is -0.592. The van der Waals surface area contributed by atoms with Crippen LogP contribution in [0.5, 0.6) is 5.75 Å². The van der Waals surface area contributed by atoms with E-state index < -0.39 is 23.6 Å². The first-order chi connectivity index (χ1) is 13.3. The molecule has 0 aromatic heterocycles. The summed E-state index contributed by atoms with van der Waals surface area (Å²) in [6, 6.07) is 10.0. The molecule has 0 aliphatic carbocycles. The van der Waals surface area contributed by atoms with Crippen molar-refractivity contribution >= 4 is 52.2 Å². The number of nitrogens with one attached hydrogen (secondary N) is 1. The highest BCUT2D eigenvalue weighted by atomic mass is 35.5. The molecule has 0 atom stereocenters. The number of carbonyl (C=O) groups is 3. The third-order valence-corrected chi connectivity index (χ3v) is 5.34. The summed E-state index contributed by atoms with van der Waals surface area (Å²) in [5, 5.41) is 12.5. The number of aryl methyl sites for hydroxylation is 2. The van der Waals surface area contributed by atoms with E-state index in [1.165, 1.54) is 24.3 Å². The molecule has 2 aromatic carbocycles. The Hall–Kier alpha value is -2.77. The number of rotatable bonds is 4. The lowest BCUT2D eigenvalue weighted by Crippen LogP contribution is -2.36. The topological polar surface area (TPSA) is 86.7 Å². The summed E-state index contributed by atoms with van der Waals surface area (Å²) in [5.41, 5.74) is 2.76. The number of thioether (sulfide) groups is 1. The van der Waals surface area contributed by atoms with Gasteiger partial charge < -0.3 is 10.4 Å². The zero-order chi connectivity index (χ0) is 20.4. The number of hydrogen-bond acceptors (Lipinski definition) is 5. The van der Waals surface area contributed by atoms with Gasteiger partial charge in [-0.2, -0.15) is 0 Å². The third-order valence-electron chi connectivity index (χ3n) is 4.20. The van der Waals surface area contributed by atoms with Gasteiger partial charge in [-0.05, 0) is 61.0 Å². The van der Waals surface area contributed by atoms with E-state index in [0.29, 0.717) is 28.0 Å². The smallest absolute Gasteiger partial charge is 0.294 e. The van der Waals surface area contributed by atoms with Crippen molar-refractivity contribution < 1.29 is 19.5 Å². The molecule has 0 radical (unpaired) electrons. The van der Waals surface area contributed by atoms with Crippen molar-refractivity contribution in [2.45, 2.75) is 13.8 Å². The fourth-order valence-corrected chi connectivity index (χ4v) is 3.76. The first kappa shape index (κ1) is 20.0. The van der Waals surface area contributed by atoms with E-state index in [1.54, 1.807) is 0 Å². The molecule has 1 fully saturated rings. The second kappa shape index (κ2) is 8.08. The lowest BCUT2D eigenvalue weighted by atomic mass is 10.1. The van der Waals surface area contributed by atoms with Crippen LogP contribution in [0.4, 0.5) is 10.5 Å². The predicted octanol–water partition coefficient (Wildman–Crippen LogP) is 4.34. The van der Waals surface area contributed by atoms with Gasteiger partial charge in [0.1, 0.15) is 12.3 Å². The van der Waals surface area contributed by atoms with E-state index in [9.17, 15) is 19.5 Å². The van der Waals surface area contributed by atoms with Gasteiger partial charge in [-0.25, -0.2) is 0 Å². The molecule has 1 saturated heterocycles. The van der Waals surface area contributed by atoms with Crippen LogP contribution in [-0.4, -0.2) is 33.6 Å². The van der Waals surface area contributed by atoms with Crippen LogP contribution in [0.2, 0.25) is 5.02 Å². The Morgan fingerprint density at radius 2 is 1.89 bits per heavy atom. The van der Waals surface area contributed by atoms with Crippen molar-refractivity contribution in [1.82, 2.24) is 4.90 Å². The standard InChI is InChI=1S/C20H17ClN2O4S/c1-11-4-3-5-12(2)18(11)22-17(25)10-23-19(26)16(28-20(23)27)9-13-8-14(21)6-7-15(13)24/h3-9,24H,10H2,1-2H3,(H,22,25)/b16-9-. The molecule has 3 amide bonds. The van der Waals surface area contributed by atoms with E-state index in [-0.39, 0.29) is 10.7 Å². The van der Waals surface area contributed by atoms with Crippen LogP contribution < -0.4 is 5.32 Å². The first-order valence-corrected chi connectivity index (χ1v) is 9.55. The van der Waals surface area contributed by atoms with Crippen LogP contribution in [0, 0.1) is 13.8 Å². The van der Waals surface area contributed by atoms with Crippen LogP contribution in [0.1, 0.15) is 16.7 Å². The molecule has 2 aromatic rings. The number of imide groups is 1. The monoisotopic (exact) mass is 416 g/mol. The van der Waals surface area contributed by atoms with Gasteiger partial charge in [-0.1, -0.05) is 29.8 Å². The summed E-state index contributed by atoms with van der Waals surface area (Å²) in [4.78, 5) is 38.2. The normalized spacial score (nSPS) is 15.4. The van der Waals surface area contributed by atoms with Crippen LogP contribution in [0.25, 0.3) is 6.08 Å². The minimum absolute atomic E-state index is 0.0658. The van der Waals surface area contributed by atoms with Crippen molar-refractivity contribution in [3.05, 3.63) is 63.0 Å². The van der Waals surface area contributed by atoms with Crippen molar-refractivity contribution in [3.63, 3.8) is 0 Å². The molecule has 0 saturated carbocycles. The van der Waals surface area contributed by atoms with Crippen LogP contribution in [0.3, 0.4) is 0 Å². The van der Waals surface area contributed by atoms with Gasteiger partial charge in [-0.3, -0.25) is 19.3 Å². The Morgan fingerprint density at radius 1 is 1.21 bits per heavy atom. The number of benzene rings is 2. The Kier molecular flexibility index (Phi) is 5.76. The molecule has 1 aliphatic heterocycles. The molecule has 1 aliphatic rings. The summed E-state index contributed by atoms with van der Waals surface area (Å²) in [6.07, 6.45) is 1.38. The summed E-state index contributed by atoms with van der Waals surface area (Å²) in [7, 11) is 0. The molecule has 1 heterocycles. The van der Waals surface area contributed by atoms with Gasteiger partial charge in [0, 0.05) is 16.3 Å². The molecule has 0 unspecified atom stereocenters. The lowest BCUT2D eigenvalue weighted by molar-refractivity contribution is -0.127. The highest BCUT2D eigenvalue weighted by molar-refractivity contribution is 8.18. The number of halogens is 1. The summed E-state index contributed by atoms with van der Waals surface area (Å²) >= 11 is 6.62. The van der Waals surface area contributed by atoms with E-state index >= 15 is 0 Å². The molecule has 144 valence electrons. The maximum Gasteiger partial charge on any atom is 0.294 e. The highest BCUT2D eigenvalue weighted by Gasteiger charge is 2.36. The molecular formula is C20H17ClN2O4S. The number of para-hydroxylation sites is 1. The molecule has 6 nitrogen and oxygen atoms in total. The molecule has 0 spiro atoms. The summed E-state index contributed by atoms with van der Waals surface area (Å²) in [6.45, 7) is 3.34. The van der Waals surface area contributed by atoms with Gasteiger partial charge in [0.25, 0.3) is 11.1 Å². The fraction of sp³-hybridized carbons (Fsp3) is 0.150. The van der Waals surface area contributed by atoms with Crippen molar-refractivity contribution in [1.29, 1.82) is 0 Å². The highest BCUT2D eigenvalue weighted by Crippen LogP contribution is 2.34. The second-order valence-electron chi connectivity index (χ2n) is 6.29. The second-order valence-corrected chi connectivity index (χ2v) is 7.72. The van der Waals surface area contributed by atoms with Gasteiger partial charge in [0.05, 0.1) is 4.91 Å². The average Bonchev–Trinajstić information content (AvgIpc) is 2.89. The summed E-state index contributed by atoms with van der Waals surface area (Å²) < 4.78 is 0. The molecule has 2 N–H and O–H groups in total. The van der Waals surface area contributed by atoms with Gasteiger partial charge in [0.2, 0.25) is 5.91 Å². The molecule has 28 heavy (non-hydrogen) atoms.